The van der Waals surface area contributed by atoms with Gasteiger partial charge in [-0.05, 0) is 12.3 Å². The average molecular weight is 811 g/mol. The first-order valence-electron chi connectivity index (χ1n) is 16.9. The quantitative estimate of drug-likeness (QED) is 0.0237. The normalized spacial score (nSPS) is 13.8. The fourth-order valence-electron chi connectivity index (χ4n) is 3.59. The highest BCUT2D eigenvalue weighted by molar-refractivity contribution is 7.80. The van der Waals surface area contributed by atoms with E-state index in [0.29, 0.717) is 18.3 Å². The lowest BCUT2D eigenvalue weighted by Crippen LogP contribution is -2.37. The maximum Gasteiger partial charge on any atom is 0.307 e. The van der Waals surface area contributed by atoms with Crippen molar-refractivity contribution in [3.8, 4) is 0 Å². The number of hydrogen-bond acceptors (Lipinski definition) is 19. The van der Waals surface area contributed by atoms with E-state index in [1.807, 2.05) is 0 Å². The summed E-state index contributed by atoms with van der Waals surface area (Å²) in [5.41, 5.74) is 0. The van der Waals surface area contributed by atoms with E-state index in [9.17, 15) is 29.4 Å². The summed E-state index contributed by atoms with van der Waals surface area (Å²) >= 11 is 16.1. The van der Waals surface area contributed by atoms with Gasteiger partial charge in [-0.3, -0.25) is 19.2 Å². The maximum absolute atomic E-state index is 11.9. The molecule has 19 heteroatoms. The number of ether oxygens (including phenoxy) is 9. The molecule has 0 heterocycles. The lowest BCUT2D eigenvalue weighted by molar-refractivity contribution is -0.166. The van der Waals surface area contributed by atoms with Crippen molar-refractivity contribution in [2.75, 3.05) is 95.7 Å². The summed E-state index contributed by atoms with van der Waals surface area (Å²) in [5, 5.41) is 20.3. The molecule has 0 spiro atoms. The van der Waals surface area contributed by atoms with Crippen LogP contribution in [0.15, 0.2) is 0 Å². The Kier molecular flexibility index (Phi) is 32.9. The van der Waals surface area contributed by atoms with Crippen molar-refractivity contribution in [2.24, 2.45) is 5.92 Å². The second-order valence-electron chi connectivity index (χ2n) is 11.6. The molecule has 2 N–H and O–H groups in total. The van der Waals surface area contributed by atoms with Gasteiger partial charge in [-0.2, -0.15) is 50.5 Å². The van der Waals surface area contributed by atoms with Crippen molar-refractivity contribution in [1.82, 2.24) is 0 Å². The van der Waals surface area contributed by atoms with Gasteiger partial charge in [0, 0.05) is 29.6 Å². The van der Waals surface area contributed by atoms with Crippen molar-refractivity contribution in [3.63, 3.8) is 0 Å². The van der Waals surface area contributed by atoms with E-state index in [0.717, 1.165) is 6.42 Å². The number of aliphatic hydroxyl groups excluding tert-OH is 2. The SMILES string of the molecule is CC(C)CCOCC(COC(=O)CCS)OCC(O)COCC(COC(COC(=O)CCS)COC(=O)CCS)OCC(CO)OC(=O)CCS. The summed E-state index contributed by atoms with van der Waals surface area (Å²) in [6.45, 7) is 2.91. The molecular formula is C32H58O15S4. The second-order valence-corrected chi connectivity index (χ2v) is 13.3. The van der Waals surface area contributed by atoms with Crippen LogP contribution >= 0.6 is 50.5 Å². The van der Waals surface area contributed by atoms with E-state index in [2.05, 4.69) is 64.4 Å². The molecule has 0 aliphatic carbocycles. The summed E-state index contributed by atoms with van der Waals surface area (Å²) in [7, 11) is 0. The Morgan fingerprint density at radius 1 is 0.529 bits per heavy atom. The molecule has 0 rings (SSSR count). The Hall–Kier alpha value is -1.00. The molecule has 4 unspecified atom stereocenters. The van der Waals surface area contributed by atoms with Gasteiger partial charge in [0.25, 0.3) is 0 Å². The minimum absolute atomic E-state index is 0.0395. The minimum atomic E-state index is -1.09. The molecule has 0 aromatic rings. The summed E-state index contributed by atoms with van der Waals surface area (Å²) in [6.07, 6.45) is -3.23. The highest BCUT2D eigenvalue weighted by atomic mass is 32.1. The molecule has 51 heavy (non-hydrogen) atoms. The monoisotopic (exact) mass is 810 g/mol. The van der Waals surface area contributed by atoms with Crippen molar-refractivity contribution in [2.45, 2.75) is 76.5 Å². The summed E-state index contributed by atoms with van der Waals surface area (Å²) in [6, 6.07) is 0. The Morgan fingerprint density at radius 2 is 0.941 bits per heavy atom. The number of rotatable bonds is 34. The molecule has 0 aliphatic rings. The highest BCUT2D eigenvalue weighted by Crippen LogP contribution is 2.08. The van der Waals surface area contributed by atoms with Crippen LogP contribution in [0, 0.1) is 5.92 Å². The van der Waals surface area contributed by atoms with Crippen LogP contribution in [0.2, 0.25) is 0 Å². The lowest BCUT2D eigenvalue weighted by Gasteiger charge is -2.25. The van der Waals surface area contributed by atoms with E-state index >= 15 is 0 Å². The maximum atomic E-state index is 11.9. The van der Waals surface area contributed by atoms with Crippen molar-refractivity contribution in [3.05, 3.63) is 0 Å². The van der Waals surface area contributed by atoms with Gasteiger partial charge in [-0.15, -0.1) is 0 Å². The Labute approximate surface area is 323 Å². The molecule has 0 saturated carbocycles. The minimum Gasteiger partial charge on any atom is -0.463 e. The fourth-order valence-corrected chi connectivity index (χ4v) is 4.32. The van der Waals surface area contributed by atoms with Crippen LogP contribution in [-0.2, 0) is 61.8 Å². The van der Waals surface area contributed by atoms with E-state index < -0.39 is 61.0 Å². The molecule has 0 saturated heterocycles. The molecule has 0 aliphatic heterocycles. The average Bonchev–Trinajstić information content (AvgIpc) is 3.08. The topological polar surface area (TPSA) is 192 Å². The van der Waals surface area contributed by atoms with Gasteiger partial charge in [0.2, 0.25) is 0 Å². The van der Waals surface area contributed by atoms with Crippen LogP contribution in [0.25, 0.3) is 0 Å². The summed E-state index contributed by atoms with van der Waals surface area (Å²) in [5.74, 6) is -0.387. The second kappa shape index (κ2) is 33.6. The molecule has 0 bridgehead atoms. The Morgan fingerprint density at radius 3 is 1.41 bits per heavy atom. The smallest absolute Gasteiger partial charge is 0.307 e. The molecule has 0 fully saturated rings. The van der Waals surface area contributed by atoms with Crippen molar-refractivity contribution >= 4 is 74.4 Å². The van der Waals surface area contributed by atoms with E-state index in [1.165, 1.54) is 0 Å². The molecular weight excluding hydrogens is 753 g/mol. The first-order valence-corrected chi connectivity index (χ1v) is 19.4. The van der Waals surface area contributed by atoms with Crippen LogP contribution in [0.4, 0.5) is 0 Å². The molecule has 0 radical (unpaired) electrons. The van der Waals surface area contributed by atoms with Crippen LogP contribution < -0.4 is 0 Å². The van der Waals surface area contributed by atoms with Crippen LogP contribution in [0.1, 0.15) is 46.0 Å². The molecule has 0 aromatic carbocycles. The van der Waals surface area contributed by atoms with Crippen LogP contribution in [0.5, 0.6) is 0 Å². The predicted octanol–water partition coefficient (Wildman–Crippen LogP) is 1.40. The number of carbonyl (C=O) groups excluding carboxylic acids is 4. The van der Waals surface area contributed by atoms with Crippen molar-refractivity contribution in [1.29, 1.82) is 0 Å². The highest BCUT2D eigenvalue weighted by Gasteiger charge is 2.22. The Balaban J connectivity index is 5.38. The van der Waals surface area contributed by atoms with Crippen molar-refractivity contribution < 1.29 is 72.0 Å². The van der Waals surface area contributed by atoms with Gasteiger partial charge in [0.1, 0.15) is 50.3 Å². The number of carbonyl (C=O) groups is 4. The third-order valence-corrected chi connectivity index (χ3v) is 7.27. The van der Waals surface area contributed by atoms with E-state index in [4.69, 9.17) is 42.6 Å². The van der Waals surface area contributed by atoms with E-state index in [-0.39, 0.29) is 102 Å². The third kappa shape index (κ3) is 30.1. The molecule has 0 aromatic heterocycles. The van der Waals surface area contributed by atoms with Gasteiger partial charge < -0.3 is 52.8 Å². The largest absolute Gasteiger partial charge is 0.463 e. The lowest BCUT2D eigenvalue weighted by atomic mass is 10.1. The number of hydrogen-bond donors (Lipinski definition) is 6. The third-order valence-electron chi connectivity index (χ3n) is 6.37. The van der Waals surface area contributed by atoms with Crippen LogP contribution in [-0.4, -0.2) is 160 Å². The Bertz CT molecular complexity index is 896. The van der Waals surface area contributed by atoms with Gasteiger partial charge in [-0.25, -0.2) is 0 Å². The molecule has 15 nitrogen and oxygen atoms in total. The van der Waals surface area contributed by atoms with Gasteiger partial charge in [0.05, 0.1) is 71.9 Å². The van der Waals surface area contributed by atoms with E-state index in [1.54, 1.807) is 0 Å². The molecule has 4 atom stereocenters. The molecule has 300 valence electrons. The fraction of sp³-hybridized carbons (Fsp3) is 0.875. The zero-order chi connectivity index (χ0) is 38.3. The summed E-state index contributed by atoms with van der Waals surface area (Å²) in [4.78, 5) is 47.6. The first kappa shape index (κ1) is 50.0. The zero-order valence-corrected chi connectivity index (χ0v) is 33.2. The van der Waals surface area contributed by atoms with Crippen LogP contribution in [0.3, 0.4) is 0 Å². The van der Waals surface area contributed by atoms with Gasteiger partial charge in [0.15, 0.2) is 0 Å². The van der Waals surface area contributed by atoms with Gasteiger partial charge >= 0.3 is 23.9 Å². The van der Waals surface area contributed by atoms with Gasteiger partial charge in [-0.1, -0.05) is 13.8 Å². The number of aliphatic hydroxyl groups is 2. The number of esters is 4. The predicted molar refractivity (Wildman–Crippen MR) is 200 cm³/mol. The standard InChI is InChI=1S/C32H58O15S4/c1-23(2)3-8-39-16-26(20-44-29(35)4-9-48)41-15-24(34)14-40-17-27(42-18-25(13-33)47-32(38)7-12-51)19-43-28(21-45-30(36)5-10-49)22-46-31(37)6-11-50/h23-28,33-34,48-51H,3-22H2,1-2H3. The molecule has 0 amide bonds. The number of thiol groups is 4. The zero-order valence-electron chi connectivity index (χ0n) is 29.6. The first-order chi connectivity index (χ1) is 24.5. The summed E-state index contributed by atoms with van der Waals surface area (Å²) < 4.78 is 49.8.